The second-order valence-corrected chi connectivity index (χ2v) is 5.09. The van der Waals surface area contributed by atoms with Crippen LogP contribution in [0.2, 0.25) is 0 Å². The number of hydrogen-bond acceptors (Lipinski definition) is 3. The summed E-state index contributed by atoms with van der Waals surface area (Å²) in [6.45, 7) is 5.39. The lowest BCUT2D eigenvalue weighted by molar-refractivity contribution is -0.148. The van der Waals surface area contributed by atoms with Gasteiger partial charge in [0.05, 0.1) is 5.70 Å². The van der Waals surface area contributed by atoms with Gasteiger partial charge in [-0.05, 0) is 26.8 Å². The van der Waals surface area contributed by atoms with Gasteiger partial charge in [0.1, 0.15) is 5.60 Å². The molecule has 1 aromatic carbocycles. The summed E-state index contributed by atoms with van der Waals surface area (Å²) in [6.07, 6.45) is 1.31. The summed E-state index contributed by atoms with van der Waals surface area (Å²) in [5.41, 5.74) is 1.25. The molecular formula is C14H15NO3. The summed E-state index contributed by atoms with van der Waals surface area (Å²) in [6, 6.07) is 7.13. The van der Waals surface area contributed by atoms with Gasteiger partial charge in [-0.3, -0.25) is 4.79 Å². The van der Waals surface area contributed by atoms with Crippen LogP contribution in [0.15, 0.2) is 30.3 Å². The molecule has 0 saturated carbocycles. The van der Waals surface area contributed by atoms with Crippen molar-refractivity contribution in [3.05, 3.63) is 41.5 Å². The quantitative estimate of drug-likeness (QED) is 0.609. The lowest BCUT2D eigenvalue weighted by Gasteiger charge is -2.18. The van der Waals surface area contributed by atoms with Gasteiger partial charge in [-0.2, -0.15) is 0 Å². The van der Waals surface area contributed by atoms with E-state index in [0.717, 1.165) is 5.56 Å². The number of benzene rings is 1. The molecule has 1 aliphatic heterocycles. The van der Waals surface area contributed by atoms with Crippen LogP contribution in [0, 0.1) is 0 Å². The first kappa shape index (κ1) is 12.4. The molecule has 0 unspecified atom stereocenters. The first-order valence-electron chi connectivity index (χ1n) is 5.72. The monoisotopic (exact) mass is 245 g/mol. The number of nitrogens with one attached hydrogen (secondary N) is 1. The third-order valence-corrected chi connectivity index (χ3v) is 2.38. The van der Waals surface area contributed by atoms with Gasteiger partial charge in [0.2, 0.25) is 0 Å². The molecule has 0 aliphatic carbocycles. The molecule has 0 atom stereocenters. The molecule has 0 saturated heterocycles. The maximum Gasteiger partial charge on any atom is 0.333 e. The molecular weight excluding hydrogens is 230 g/mol. The third kappa shape index (κ3) is 2.59. The molecule has 0 spiro atoms. The van der Waals surface area contributed by atoms with Gasteiger partial charge in [0.15, 0.2) is 0 Å². The molecule has 1 aliphatic rings. The Labute approximate surface area is 106 Å². The average molecular weight is 245 g/mol. The van der Waals surface area contributed by atoms with Crippen molar-refractivity contribution in [1.29, 1.82) is 0 Å². The zero-order chi connectivity index (χ0) is 13.3. The fourth-order valence-corrected chi connectivity index (χ4v) is 1.74. The first-order valence-corrected chi connectivity index (χ1v) is 5.72. The molecule has 1 aromatic rings. The Kier molecular flexibility index (Phi) is 2.95. The fraction of sp³-hybridized carbons (Fsp3) is 0.286. The predicted molar refractivity (Wildman–Crippen MR) is 67.7 cm³/mol. The van der Waals surface area contributed by atoms with Gasteiger partial charge in [0, 0.05) is 17.2 Å². The van der Waals surface area contributed by atoms with Crippen molar-refractivity contribution in [2.45, 2.75) is 26.4 Å². The van der Waals surface area contributed by atoms with E-state index >= 15 is 0 Å². The number of carbonyl (C=O) groups is 2. The summed E-state index contributed by atoms with van der Waals surface area (Å²) in [4.78, 5) is 23.3. The van der Waals surface area contributed by atoms with E-state index in [1.807, 2.05) is 6.07 Å². The Hall–Kier alpha value is -2.10. The lowest BCUT2D eigenvalue weighted by Crippen LogP contribution is -2.23. The van der Waals surface area contributed by atoms with Crippen LogP contribution in [-0.2, 0) is 9.53 Å². The molecule has 1 N–H and O–H groups in total. The Morgan fingerprint density at radius 1 is 1.22 bits per heavy atom. The van der Waals surface area contributed by atoms with Gasteiger partial charge in [-0.25, -0.2) is 4.79 Å². The Morgan fingerprint density at radius 3 is 2.44 bits per heavy atom. The van der Waals surface area contributed by atoms with Crippen LogP contribution in [0.1, 0.15) is 36.7 Å². The maximum atomic E-state index is 11.7. The zero-order valence-electron chi connectivity index (χ0n) is 10.6. The van der Waals surface area contributed by atoms with E-state index in [9.17, 15) is 9.59 Å². The second kappa shape index (κ2) is 4.29. The minimum Gasteiger partial charge on any atom is -0.457 e. The van der Waals surface area contributed by atoms with Gasteiger partial charge in [-0.15, -0.1) is 0 Å². The number of hydrogen-bond donors (Lipinski definition) is 1. The number of ether oxygens (including phenoxy) is 1. The van der Waals surface area contributed by atoms with Crippen molar-refractivity contribution < 1.29 is 14.3 Å². The van der Waals surface area contributed by atoms with Crippen LogP contribution in [-0.4, -0.2) is 17.5 Å². The summed E-state index contributed by atoms with van der Waals surface area (Å²) < 4.78 is 5.18. The topological polar surface area (TPSA) is 55.4 Å². The molecule has 94 valence electrons. The molecule has 2 rings (SSSR count). The normalized spacial score (nSPS) is 16.4. The van der Waals surface area contributed by atoms with Crippen LogP contribution in [0.5, 0.6) is 0 Å². The van der Waals surface area contributed by atoms with E-state index in [2.05, 4.69) is 5.32 Å². The van der Waals surface area contributed by atoms with Crippen molar-refractivity contribution in [3.8, 4) is 0 Å². The third-order valence-electron chi connectivity index (χ3n) is 2.38. The van der Waals surface area contributed by atoms with Crippen molar-refractivity contribution in [3.63, 3.8) is 0 Å². The molecule has 0 bridgehead atoms. The van der Waals surface area contributed by atoms with Crippen molar-refractivity contribution in [1.82, 2.24) is 5.32 Å². The standard InChI is InChI=1S/C14H15NO3/c1-14(2,3)18-12(16)8-11-9-6-4-5-7-10(9)13(17)15-11/h4-8H,1-3H3,(H,15,17)/b11-8+. The summed E-state index contributed by atoms with van der Waals surface area (Å²) in [5, 5.41) is 2.66. The van der Waals surface area contributed by atoms with Gasteiger partial charge in [-0.1, -0.05) is 18.2 Å². The highest BCUT2D eigenvalue weighted by Crippen LogP contribution is 2.24. The van der Waals surface area contributed by atoms with Gasteiger partial charge >= 0.3 is 5.97 Å². The van der Waals surface area contributed by atoms with Crippen LogP contribution < -0.4 is 5.32 Å². The first-order chi connectivity index (χ1) is 8.37. The SMILES string of the molecule is CC(C)(C)OC(=O)/C=C1/NC(=O)c2ccccc21. The van der Waals surface area contributed by atoms with Crippen LogP contribution in [0.3, 0.4) is 0 Å². The number of rotatable bonds is 1. The summed E-state index contributed by atoms with van der Waals surface area (Å²) in [5.74, 6) is -0.657. The van der Waals surface area contributed by atoms with E-state index in [-0.39, 0.29) is 5.91 Å². The van der Waals surface area contributed by atoms with E-state index in [1.54, 1.807) is 39.0 Å². The predicted octanol–water partition coefficient (Wildman–Crippen LogP) is 2.11. The lowest BCUT2D eigenvalue weighted by atomic mass is 10.1. The van der Waals surface area contributed by atoms with E-state index < -0.39 is 11.6 Å². The Morgan fingerprint density at radius 2 is 1.83 bits per heavy atom. The average Bonchev–Trinajstić information content (AvgIpc) is 2.54. The van der Waals surface area contributed by atoms with E-state index in [1.165, 1.54) is 6.08 Å². The van der Waals surface area contributed by atoms with Crippen molar-refractivity contribution in [2.75, 3.05) is 0 Å². The van der Waals surface area contributed by atoms with Crippen LogP contribution in [0.25, 0.3) is 5.70 Å². The van der Waals surface area contributed by atoms with Gasteiger partial charge < -0.3 is 10.1 Å². The highest BCUT2D eigenvalue weighted by Gasteiger charge is 2.24. The summed E-state index contributed by atoms with van der Waals surface area (Å²) >= 11 is 0. The molecule has 0 aromatic heterocycles. The number of fused-ring (bicyclic) bond motifs is 1. The minimum atomic E-state index is -0.545. The van der Waals surface area contributed by atoms with Crippen molar-refractivity contribution in [2.24, 2.45) is 0 Å². The van der Waals surface area contributed by atoms with E-state index in [0.29, 0.717) is 11.3 Å². The Bertz CT molecular complexity index is 538. The molecule has 1 amide bonds. The zero-order valence-corrected chi connectivity index (χ0v) is 10.6. The second-order valence-electron chi connectivity index (χ2n) is 5.09. The molecule has 4 nitrogen and oxygen atoms in total. The fourth-order valence-electron chi connectivity index (χ4n) is 1.74. The van der Waals surface area contributed by atoms with Crippen molar-refractivity contribution >= 4 is 17.6 Å². The van der Waals surface area contributed by atoms with Gasteiger partial charge in [0.25, 0.3) is 5.91 Å². The number of amides is 1. The highest BCUT2D eigenvalue weighted by atomic mass is 16.6. The Balaban J connectivity index is 2.27. The number of carbonyl (C=O) groups excluding carboxylic acids is 2. The molecule has 0 fully saturated rings. The number of esters is 1. The van der Waals surface area contributed by atoms with Crippen LogP contribution in [0.4, 0.5) is 0 Å². The van der Waals surface area contributed by atoms with E-state index in [4.69, 9.17) is 4.74 Å². The highest BCUT2D eigenvalue weighted by molar-refractivity contribution is 6.11. The van der Waals surface area contributed by atoms with Crippen LogP contribution >= 0.6 is 0 Å². The smallest absolute Gasteiger partial charge is 0.333 e. The molecule has 4 heteroatoms. The largest absolute Gasteiger partial charge is 0.457 e. The summed E-state index contributed by atoms with van der Waals surface area (Å²) in [7, 11) is 0. The maximum absolute atomic E-state index is 11.7. The molecule has 18 heavy (non-hydrogen) atoms. The minimum absolute atomic E-state index is 0.194. The molecule has 0 radical (unpaired) electrons. The molecule has 1 heterocycles.